The largest absolute Gasteiger partial charge is 0.495 e. The minimum atomic E-state index is -0.0947. The van der Waals surface area contributed by atoms with E-state index >= 15 is 0 Å². The van der Waals surface area contributed by atoms with Crippen molar-refractivity contribution < 1.29 is 9.53 Å². The van der Waals surface area contributed by atoms with Gasteiger partial charge in [0, 0.05) is 22.3 Å². The van der Waals surface area contributed by atoms with Gasteiger partial charge in [-0.15, -0.1) is 11.3 Å². The van der Waals surface area contributed by atoms with Crippen LogP contribution in [0.4, 0.5) is 10.5 Å². The van der Waals surface area contributed by atoms with Crippen LogP contribution in [0.5, 0.6) is 5.75 Å². The van der Waals surface area contributed by atoms with Crippen LogP contribution >= 0.6 is 11.3 Å². The average Bonchev–Trinajstić information content (AvgIpc) is 3.34. The van der Waals surface area contributed by atoms with Gasteiger partial charge in [-0.05, 0) is 74.9 Å². The third-order valence-electron chi connectivity index (χ3n) is 6.34. The van der Waals surface area contributed by atoms with Gasteiger partial charge in [-0.3, -0.25) is 0 Å². The zero-order chi connectivity index (χ0) is 20.8. The number of ether oxygens (including phenoxy) is 1. The van der Waals surface area contributed by atoms with Crippen molar-refractivity contribution in [3.05, 3.63) is 63.8 Å². The lowest BCUT2D eigenvalue weighted by atomic mass is 9.95. The van der Waals surface area contributed by atoms with Crippen LogP contribution < -0.4 is 10.1 Å². The first kappa shape index (κ1) is 19.2. The number of fused-ring (bicyclic) bond motifs is 5. The summed E-state index contributed by atoms with van der Waals surface area (Å²) in [4.78, 5) is 17.0. The Morgan fingerprint density at radius 2 is 2.03 bits per heavy atom. The van der Waals surface area contributed by atoms with Gasteiger partial charge >= 0.3 is 6.03 Å². The van der Waals surface area contributed by atoms with E-state index in [0.29, 0.717) is 18.0 Å². The van der Waals surface area contributed by atoms with E-state index < -0.39 is 0 Å². The number of benzene rings is 1. The number of urea groups is 1. The van der Waals surface area contributed by atoms with Gasteiger partial charge in [-0.2, -0.15) is 0 Å². The molecule has 6 heteroatoms. The molecule has 0 spiro atoms. The van der Waals surface area contributed by atoms with Crippen LogP contribution in [0, 0.1) is 6.92 Å². The second-order valence-corrected chi connectivity index (χ2v) is 9.32. The maximum atomic E-state index is 13.5. The standard InChI is InChI=1S/C24H27N3O2S/c1-15-10-11-21(29-3)19(13-15)25-24(28)27-14-18-17-7-4-5-9-22(17)30-23(18)26-12-6-8-20(26)16(27)2/h6,8,10-13,16H,4-5,7,9,14H2,1-3H3,(H,25,28)/t16-/m0/s1. The lowest BCUT2D eigenvalue weighted by molar-refractivity contribution is 0.189. The van der Waals surface area contributed by atoms with Crippen LogP contribution in [0.1, 0.15) is 53.1 Å². The lowest BCUT2D eigenvalue weighted by Crippen LogP contribution is -2.36. The van der Waals surface area contributed by atoms with Gasteiger partial charge in [0.1, 0.15) is 10.8 Å². The highest BCUT2D eigenvalue weighted by molar-refractivity contribution is 7.15. The van der Waals surface area contributed by atoms with Crippen molar-refractivity contribution in [1.29, 1.82) is 0 Å². The molecule has 156 valence electrons. The van der Waals surface area contributed by atoms with Crippen LogP contribution in [-0.2, 0) is 19.4 Å². The normalized spacial score (nSPS) is 17.6. The number of rotatable bonds is 2. The maximum Gasteiger partial charge on any atom is 0.322 e. The Morgan fingerprint density at radius 3 is 2.87 bits per heavy atom. The molecule has 0 fully saturated rings. The number of carbonyl (C=O) groups excluding carboxylic acids is 1. The van der Waals surface area contributed by atoms with E-state index in [1.807, 2.05) is 41.4 Å². The summed E-state index contributed by atoms with van der Waals surface area (Å²) in [7, 11) is 1.63. The summed E-state index contributed by atoms with van der Waals surface area (Å²) in [5.41, 5.74) is 5.74. The number of methoxy groups -OCH3 is 1. The third-order valence-corrected chi connectivity index (χ3v) is 7.67. The molecule has 1 N–H and O–H groups in total. The number of aromatic nitrogens is 1. The molecule has 5 rings (SSSR count). The number of anilines is 1. The number of carbonyl (C=O) groups is 1. The summed E-state index contributed by atoms with van der Waals surface area (Å²) >= 11 is 1.91. The Morgan fingerprint density at radius 1 is 1.20 bits per heavy atom. The fourth-order valence-electron chi connectivity index (χ4n) is 4.72. The Hall–Kier alpha value is -2.73. The fourth-order valence-corrected chi connectivity index (χ4v) is 6.12. The molecule has 0 radical (unpaired) electrons. The third kappa shape index (κ3) is 3.10. The molecule has 2 amide bonds. The first-order chi connectivity index (χ1) is 14.6. The lowest BCUT2D eigenvalue weighted by Gasteiger charge is -2.28. The molecule has 1 aromatic carbocycles. The van der Waals surface area contributed by atoms with Gasteiger partial charge in [-0.1, -0.05) is 6.07 Å². The van der Waals surface area contributed by atoms with Gasteiger partial charge in [0.05, 0.1) is 25.4 Å². The van der Waals surface area contributed by atoms with E-state index in [2.05, 4.69) is 35.1 Å². The van der Waals surface area contributed by atoms with Crippen molar-refractivity contribution in [2.24, 2.45) is 0 Å². The molecule has 3 heterocycles. The van der Waals surface area contributed by atoms with Crippen LogP contribution in [0.3, 0.4) is 0 Å². The highest BCUT2D eigenvalue weighted by Crippen LogP contribution is 2.42. The Balaban J connectivity index is 1.54. The van der Waals surface area contributed by atoms with E-state index in [4.69, 9.17) is 4.74 Å². The van der Waals surface area contributed by atoms with Crippen LogP contribution in [0.2, 0.25) is 0 Å². The number of aryl methyl sites for hydroxylation is 2. The number of nitrogens with zero attached hydrogens (tertiary/aromatic N) is 2. The number of nitrogens with one attached hydrogen (secondary N) is 1. The molecule has 1 aliphatic carbocycles. The van der Waals surface area contributed by atoms with Crippen molar-refractivity contribution in [1.82, 2.24) is 9.47 Å². The first-order valence-corrected chi connectivity index (χ1v) is 11.4. The molecule has 3 aromatic rings. The monoisotopic (exact) mass is 421 g/mol. The molecule has 5 nitrogen and oxygen atoms in total. The summed E-state index contributed by atoms with van der Waals surface area (Å²) < 4.78 is 7.76. The van der Waals surface area contributed by atoms with E-state index in [-0.39, 0.29) is 12.1 Å². The summed E-state index contributed by atoms with van der Waals surface area (Å²) in [6.07, 6.45) is 6.91. The van der Waals surface area contributed by atoms with E-state index in [1.54, 1.807) is 7.11 Å². The van der Waals surface area contributed by atoms with Crippen LogP contribution in [0.15, 0.2) is 36.5 Å². The predicted octanol–water partition coefficient (Wildman–Crippen LogP) is 5.84. The average molecular weight is 422 g/mol. The number of amides is 2. The summed E-state index contributed by atoms with van der Waals surface area (Å²) in [5, 5.41) is 4.40. The van der Waals surface area contributed by atoms with Crippen molar-refractivity contribution >= 4 is 23.1 Å². The van der Waals surface area contributed by atoms with Crippen LogP contribution in [0.25, 0.3) is 5.00 Å². The van der Waals surface area contributed by atoms with Gasteiger partial charge in [0.15, 0.2) is 0 Å². The molecule has 30 heavy (non-hydrogen) atoms. The Kier molecular flexibility index (Phi) is 4.82. The quantitative estimate of drug-likeness (QED) is 0.565. The van der Waals surface area contributed by atoms with Gasteiger partial charge in [0.25, 0.3) is 0 Å². The predicted molar refractivity (Wildman–Crippen MR) is 121 cm³/mol. The molecular formula is C24H27N3O2S. The van der Waals surface area contributed by atoms with Gasteiger partial charge < -0.3 is 19.5 Å². The molecule has 0 unspecified atom stereocenters. The minimum absolute atomic E-state index is 0.0327. The van der Waals surface area contributed by atoms with Gasteiger partial charge in [0.2, 0.25) is 0 Å². The molecular weight excluding hydrogens is 394 g/mol. The summed E-state index contributed by atoms with van der Waals surface area (Å²) in [6, 6.07) is 9.93. The Labute approximate surface area is 181 Å². The second-order valence-electron chi connectivity index (χ2n) is 8.24. The van der Waals surface area contributed by atoms with Crippen molar-refractivity contribution in [2.75, 3.05) is 12.4 Å². The number of thiophene rings is 1. The fraction of sp³-hybridized carbons (Fsp3) is 0.375. The molecule has 1 atom stereocenters. The smallest absolute Gasteiger partial charge is 0.322 e. The zero-order valence-electron chi connectivity index (χ0n) is 17.7. The minimum Gasteiger partial charge on any atom is -0.495 e. The first-order valence-electron chi connectivity index (χ1n) is 10.6. The Bertz CT molecular complexity index is 1110. The molecule has 0 saturated carbocycles. The van der Waals surface area contributed by atoms with Crippen molar-refractivity contribution in [3.8, 4) is 10.8 Å². The van der Waals surface area contributed by atoms with E-state index in [1.165, 1.54) is 33.8 Å². The SMILES string of the molecule is COc1ccc(C)cc1NC(=O)N1Cc2c(sc3c2CCCC3)-n2cccc2[C@@H]1C. The molecule has 0 bridgehead atoms. The van der Waals surface area contributed by atoms with E-state index in [0.717, 1.165) is 24.1 Å². The highest BCUT2D eigenvalue weighted by Gasteiger charge is 2.33. The zero-order valence-corrected chi connectivity index (χ0v) is 18.5. The van der Waals surface area contributed by atoms with E-state index in [9.17, 15) is 4.79 Å². The molecule has 0 saturated heterocycles. The maximum absolute atomic E-state index is 13.5. The van der Waals surface area contributed by atoms with Crippen molar-refractivity contribution in [3.63, 3.8) is 0 Å². The second kappa shape index (κ2) is 7.51. The summed E-state index contributed by atoms with van der Waals surface area (Å²) in [5.74, 6) is 0.674. The topological polar surface area (TPSA) is 46.5 Å². The number of hydrogen-bond acceptors (Lipinski definition) is 3. The highest BCUT2D eigenvalue weighted by atomic mass is 32.1. The number of hydrogen-bond donors (Lipinski definition) is 1. The molecule has 2 aliphatic rings. The van der Waals surface area contributed by atoms with Gasteiger partial charge in [-0.25, -0.2) is 4.79 Å². The summed E-state index contributed by atoms with van der Waals surface area (Å²) in [6.45, 7) is 4.76. The molecule has 2 aromatic heterocycles. The molecule has 1 aliphatic heterocycles. The van der Waals surface area contributed by atoms with Crippen molar-refractivity contribution in [2.45, 2.75) is 52.1 Å². The van der Waals surface area contributed by atoms with Crippen LogP contribution in [-0.4, -0.2) is 22.6 Å².